The third-order valence-electron chi connectivity index (χ3n) is 5.01. The number of aliphatic imine (C=N–C) groups is 1. The second-order valence-corrected chi connectivity index (χ2v) is 8.00. The molecule has 1 saturated heterocycles. The number of aromatic nitrogens is 1. The lowest BCUT2D eigenvalue weighted by Gasteiger charge is -2.36. The van der Waals surface area contributed by atoms with Crippen LogP contribution >= 0.6 is 35.3 Å². The van der Waals surface area contributed by atoms with Crippen LogP contribution in [-0.2, 0) is 6.54 Å². The molecule has 7 heteroatoms. The number of halogens is 1. The molecule has 1 aliphatic carbocycles. The topological polar surface area (TPSA) is 52.6 Å². The number of thiazole rings is 1. The number of likely N-dealkylation sites (tertiary alicyclic amines) is 1. The van der Waals surface area contributed by atoms with Crippen LogP contribution in [0.5, 0.6) is 0 Å². The van der Waals surface area contributed by atoms with E-state index in [-0.39, 0.29) is 24.0 Å². The summed E-state index contributed by atoms with van der Waals surface area (Å²) in [4.78, 5) is 12.7. The van der Waals surface area contributed by atoms with Crippen molar-refractivity contribution in [2.75, 3.05) is 20.1 Å². The molecule has 0 bridgehead atoms. The van der Waals surface area contributed by atoms with Crippen LogP contribution < -0.4 is 10.6 Å². The highest BCUT2D eigenvalue weighted by Gasteiger charge is 2.27. The molecule has 136 valence electrons. The Balaban J connectivity index is 0.00000208. The summed E-state index contributed by atoms with van der Waals surface area (Å²) in [6, 6.07) is 1.40. The zero-order valence-corrected chi connectivity index (χ0v) is 17.9. The van der Waals surface area contributed by atoms with Gasteiger partial charge >= 0.3 is 0 Å². The molecule has 1 aliphatic heterocycles. The monoisotopic (exact) mass is 463 g/mol. The Bertz CT molecular complexity index is 519. The van der Waals surface area contributed by atoms with Gasteiger partial charge in [0.15, 0.2) is 5.96 Å². The van der Waals surface area contributed by atoms with Crippen LogP contribution in [0.25, 0.3) is 0 Å². The summed E-state index contributed by atoms with van der Waals surface area (Å²) >= 11 is 1.74. The van der Waals surface area contributed by atoms with E-state index in [2.05, 4.69) is 32.4 Å². The standard InChI is InChI=1S/C17H29N5S.HI/c1-13-11-19-16(23-13)12-20-17(18-2)21-14-7-9-22(10-8-14)15-5-3-4-6-15;/h11,14-15H,3-10,12H2,1-2H3,(H2,18,20,21);1H. The Morgan fingerprint density at radius 2 is 2.00 bits per heavy atom. The van der Waals surface area contributed by atoms with Crippen molar-refractivity contribution in [1.29, 1.82) is 0 Å². The average Bonchev–Trinajstić information content (AvgIpc) is 3.24. The molecule has 0 aromatic carbocycles. The number of hydrogen-bond donors (Lipinski definition) is 2. The number of guanidine groups is 1. The van der Waals surface area contributed by atoms with Crippen molar-refractivity contribution in [3.63, 3.8) is 0 Å². The quantitative estimate of drug-likeness (QED) is 0.409. The number of nitrogens with zero attached hydrogens (tertiary/aromatic N) is 3. The first kappa shape index (κ1) is 19.9. The minimum Gasteiger partial charge on any atom is -0.354 e. The SMILES string of the molecule is CN=C(NCc1ncc(C)s1)NC1CCN(C2CCCC2)CC1.I. The van der Waals surface area contributed by atoms with Crippen LogP contribution in [0.1, 0.15) is 48.4 Å². The van der Waals surface area contributed by atoms with Gasteiger partial charge < -0.3 is 15.5 Å². The normalized spacial score (nSPS) is 20.8. The van der Waals surface area contributed by atoms with Gasteiger partial charge in [-0.3, -0.25) is 4.99 Å². The van der Waals surface area contributed by atoms with Crippen LogP contribution in [0.15, 0.2) is 11.2 Å². The first-order valence-electron chi connectivity index (χ1n) is 8.87. The zero-order valence-electron chi connectivity index (χ0n) is 14.8. The minimum atomic E-state index is 0. The second kappa shape index (κ2) is 9.91. The average molecular weight is 463 g/mol. The summed E-state index contributed by atoms with van der Waals surface area (Å²) in [6.07, 6.45) is 10.0. The second-order valence-electron chi connectivity index (χ2n) is 6.68. The molecule has 1 aromatic heterocycles. The van der Waals surface area contributed by atoms with E-state index in [4.69, 9.17) is 0 Å². The summed E-state index contributed by atoms with van der Waals surface area (Å²) in [6.45, 7) is 5.29. The molecule has 1 aromatic rings. The van der Waals surface area contributed by atoms with E-state index in [9.17, 15) is 0 Å². The number of piperidine rings is 1. The fraction of sp³-hybridized carbons (Fsp3) is 0.765. The molecule has 5 nitrogen and oxygen atoms in total. The molecule has 2 N–H and O–H groups in total. The molecule has 2 fully saturated rings. The lowest BCUT2D eigenvalue weighted by molar-refractivity contribution is 0.150. The highest BCUT2D eigenvalue weighted by Crippen LogP contribution is 2.26. The minimum absolute atomic E-state index is 0. The Morgan fingerprint density at radius 1 is 1.29 bits per heavy atom. The maximum absolute atomic E-state index is 4.39. The van der Waals surface area contributed by atoms with Gasteiger partial charge in [-0.1, -0.05) is 12.8 Å². The largest absolute Gasteiger partial charge is 0.354 e. The van der Waals surface area contributed by atoms with Crippen molar-refractivity contribution in [2.45, 2.75) is 64.1 Å². The van der Waals surface area contributed by atoms with Gasteiger partial charge in [-0.15, -0.1) is 35.3 Å². The molecule has 0 amide bonds. The summed E-state index contributed by atoms with van der Waals surface area (Å²) in [5.74, 6) is 0.900. The zero-order chi connectivity index (χ0) is 16.1. The highest BCUT2D eigenvalue weighted by atomic mass is 127. The molecule has 3 rings (SSSR count). The number of rotatable bonds is 4. The van der Waals surface area contributed by atoms with Gasteiger partial charge in [-0.05, 0) is 32.6 Å². The van der Waals surface area contributed by atoms with Crippen LogP contribution in [0.3, 0.4) is 0 Å². The number of nitrogens with one attached hydrogen (secondary N) is 2. The Labute approximate surface area is 166 Å². The van der Waals surface area contributed by atoms with Gasteiger partial charge in [0.2, 0.25) is 0 Å². The molecule has 0 radical (unpaired) electrons. The maximum atomic E-state index is 4.39. The molecule has 24 heavy (non-hydrogen) atoms. The molecule has 2 aliphatic rings. The summed E-state index contributed by atoms with van der Waals surface area (Å²) in [7, 11) is 1.84. The smallest absolute Gasteiger partial charge is 0.191 e. The van der Waals surface area contributed by atoms with Crippen LogP contribution in [-0.4, -0.2) is 48.1 Å². The van der Waals surface area contributed by atoms with Gasteiger partial charge in [0.1, 0.15) is 5.01 Å². The van der Waals surface area contributed by atoms with Gasteiger partial charge in [0.25, 0.3) is 0 Å². The Hall–Kier alpha value is -0.410. The van der Waals surface area contributed by atoms with Crippen molar-refractivity contribution in [3.8, 4) is 0 Å². The Morgan fingerprint density at radius 3 is 2.58 bits per heavy atom. The fourth-order valence-electron chi connectivity index (χ4n) is 3.71. The van der Waals surface area contributed by atoms with E-state index < -0.39 is 0 Å². The molecule has 2 heterocycles. The molecule has 0 spiro atoms. The van der Waals surface area contributed by atoms with Gasteiger partial charge in [-0.2, -0.15) is 0 Å². The van der Waals surface area contributed by atoms with Gasteiger partial charge in [0, 0.05) is 43.3 Å². The van der Waals surface area contributed by atoms with Gasteiger partial charge in [-0.25, -0.2) is 4.98 Å². The first-order valence-corrected chi connectivity index (χ1v) is 9.69. The molecule has 0 unspecified atom stereocenters. The van der Waals surface area contributed by atoms with Crippen LogP contribution in [0.2, 0.25) is 0 Å². The van der Waals surface area contributed by atoms with Crippen LogP contribution in [0, 0.1) is 6.92 Å². The van der Waals surface area contributed by atoms with E-state index in [0.717, 1.165) is 23.6 Å². The maximum Gasteiger partial charge on any atom is 0.191 e. The summed E-state index contributed by atoms with van der Waals surface area (Å²) < 4.78 is 0. The van der Waals surface area contributed by atoms with Crippen LogP contribution in [0.4, 0.5) is 0 Å². The molecule has 0 atom stereocenters. The van der Waals surface area contributed by atoms with Crippen molar-refractivity contribution in [3.05, 3.63) is 16.1 Å². The molecular weight excluding hydrogens is 433 g/mol. The first-order chi connectivity index (χ1) is 11.2. The summed E-state index contributed by atoms with van der Waals surface area (Å²) in [5, 5.41) is 8.08. The predicted octanol–water partition coefficient (Wildman–Crippen LogP) is 3.14. The predicted molar refractivity (Wildman–Crippen MR) is 112 cm³/mol. The molecule has 1 saturated carbocycles. The van der Waals surface area contributed by atoms with Crippen molar-refractivity contribution in [2.24, 2.45) is 4.99 Å². The lowest BCUT2D eigenvalue weighted by Crippen LogP contribution is -2.50. The fourth-order valence-corrected chi connectivity index (χ4v) is 4.44. The van der Waals surface area contributed by atoms with E-state index in [1.54, 1.807) is 11.3 Å². The van der Waals surface area contributed by atoms with Crippen molar-refractivity contribution in [1.82, 2.24) is 20.5 Å². The highest BCUT2D eigenvalue weighted by molar-refractivity contribution is 14.0. The van der Waals surface area contributed by atoms with E-state index in [1.807, 2.05) is 13.2 Å². The van der Waals surface area contributed by atoms with Crippen molar-refractivity contribution >= 4 is 41.3 Å². The van der Waals surface area contributed by atoms with E-state index in [1.165, 1.54) is 56.5 Å². The van der Waals surface area contributed by atoms with Crippen molar-refractivity contribution < 1.29 is 0 Å². The third kappa shape index (κ3) is 5.56. The van der Waals surface area contributed by atoms with Gasteiger partial charge in [0.05, 0.1) is 6.54 Å². The number of aryl methyl sites for hydroxylation is 1. The Kier molecular flexibility index (Phi) is 8.22. The number of hydrogen-bond acceptors (Lipinski definition) is 4. The lowest BCUT2D eigenvalue weighted by atomic mass is 10.0. The third-order valence-corrected chi connectivity index (χ3v) is 5.92. The summed E-state index contributed by atoms with van der Waals surface area (Å²) in [5.41, 5.74) is 0. The van der Waals surface area contributed by atoms with E-state index in [0.29, 0.717) is 6.04 Å². The molecular formula is C17H30IN5S. The van der Waals surface area contributed by atoms with E-state index >= 15 is 0 Å².